The van der Waals surface area contributed by atoms with Crippen molar-refractivity contribution in [1.29, 1.82) is 0 Å². The van der Waals surface area contributed by atoms with Gasteiger partial charge >= 0.3 is 7.12 Å². The van der Waals surface area contributed by atoms with Gasteiger partial charge in [-0.1, -0.05) is 82.8 Å². The molecule has 14 bridgehead atoms. The molecule has 4 saturated carbocycles. The zero-order chi connectivity index (χ0) is 86.4. The van der Waals surface area contributed by atoms with Gasteiger partial charge in [0.2, 0.25) is 53.8 Å². The monoisotopic (exact) mass is 1840 g/mol. The number of anilines is 8. The van der Waals surface area contributed by atoms with Crippen LogP contribution in [0.4, 0.5) is 47.1 Å². The lowest BCUT2D eigenvalue weighted by molar-refractivity contribution is 0.00578. The maximum atomic E-state index is 12.0. The van der Waals surface area contributed by atoms with Gasteiger partial charge in [-0.05, 0) is 116 Å². The number of sulfone groups is 2. The third-order valence-electron chi connectivity index (χ3n) is 24.7. The zero-order valence-corrected chi connectivity index (χ0v) is 75.6. The van der Waals surface area contributed by atoms with Crippen molar-refractivity contribution in [2.45, 2.75) is 197 Å². The van der Waals surface area contributed by atoms with E-state index in [0.29, 0.717) is 106 Å². The first-order chi connectivity index (χ1) is 58.7. The molecule has 8 aromatic rings. The summed E-state index contributed by atoms with van der Waals surface area (Å²) >= 11 is 25.9. The summed E-state index contributed by atoms with van der Waals surface area (Å²) < 4.78 is 86.3. The lowest BCUT2D eigenvalue weighted by atomic mass is 9.81. The Labute approximate surface area is 743 Å². The van der Waals surface area contributed by atoms with Crippen molar-refractivity contribution in [3.8, 4) is 22.5 Å². The minimum Gasteiger partial charge on any atom is -0.399 e. The molecule has 4 aliphatic carbocycles. The van der Waals surface area contributed by atoms with E-state index in [1.165, 1.54) is 73.1 Å². The molecule has 0 aromatic carbocycles. The number of halogens is 4. The van der Waals surface area contributed by atoms with Gasteiger partial charge in [0.1, 0.15) is 43.9 Å². The van der Waals surface area contributed by atoms with Crippen LogP contribution in [0.2, 0.25) is 20.6 Å². The fourth-order valence-corrected chi connectivity index (χ4v) is 20.3. The SMILES string of the molecule is C1CC2CC1C2.C1O[C@H]2CN[C@@H]1C2.CC1(C)OB(c2cnc(N)nc2)OC1(C)C.CS(=O)(=O)c1nc(-c2cnc(N)nc2)cc(N2C[C@@H]3C[C@H]2CO3)n1.CS(=O)(=O)c1nc(Cl)cc(N2C[C@@H]3C[C@H]2CO3)n1.CSc1nc(Cl)cc(Cl)n1.CSc1nc(Cl)cc(N2C[C@@H]3C[C@H]2CO3)n1.Nc1ncc(-c2cc(N3C[C@@H]4C[C@H]3CO4)nc(N3CC4CC3C4)n2)cn1. The van der Waals surface area contributed by atoms with Gasteiger partial charge in [-0.3, -0.25) is 0 Å². The van der Waals surface area contributed by atoms with E-state index in [1.54, 1.807) is 62.6 Å². The zero-order valence-electron chi connectivity index (χ0n) is 69.3. The Bertz CT molecular complexity index is 5250. The molecule has 658 valence electrons. The molecule has 17 fully saturated rings. The summed E-state index contributed by atoms with van der Waals surface area (Å²) in [5.74, 6) is 7.75. The first-order valence-corrected chi connectivity index (χ1v) is 48.8. The average Bonchev–Trinajstić information content (AvgIpc) is 1.62. The van der Waals surface area contributed by atoms with Crippen LogP contribution in [0.1, 0.15) is 98.3 Å². The first-order valence-electron chi connectivity index (χ1n) is 41.0. The van der Waals surface area contributed by atoms with Crippen LogP contribution in [-0.2, 0) is 52.7 Å². The molecule has 45 heteroatoms. The van der Waals surface area contributed by atoms with E-state index in [0.717, 1.165) is 136 Å². The number of ether oxygens (including phenoxy) is 5. The lowest BCUT2D eigenvalue weighted by Crippen LogP contribution is -2.41. The van der Waals surface area contributed by atoms with Gasteiger partial charge < -0.3 is 80.0 Å². The predicted molar refractivity (Wildman–Crippen MR) is 470 cm³/mol. The van der Waals surface area contributed by atoms with Crippen LogP contribution in [0.3, 0.4) is 0 Å². The van der Waals surface area contributed by atoms with Crippen LogP contribution in [0.15, 0.2) is 88.1 Å². The van der Waals surface area contributed by atoms with Crippen molar-refractivity contribution in [3.63, 3.8) is 0 Å². The van der Waals surface area contributed by atoms with Crippen LogP contribution in [-0.4, -0.2) is 279 Å². The van der Waals surface area contributed by atoms with E-state index in [-0.39, 0.29) is 68.8 Å². The maximum absolute atomic E-state index is 12.0. The van der Waals surface area contributed by atoms with Gasteiger partial charge in [-0.15, -0.1) is 0 Å². The summed E-state index contributed by atoms with van der Waals surface area (Å²) in [6.45, 7) is 17.3. The molecular formula is C78H100BCl4N25O11S4. The van der Waals surface area contributed by atoms with Crippen molar-refractivity contribution in [2.75, 3.05) is 139 Å². The number of morpholine rings is 5. The number of fused-ring (bicyclic) bond motifs is 12. The van der Waals surface area contributed by atoms with Gasteiger partial charge in [0.15, 0.2) is 10.3 Å². The van der Waals surface area contributed by atoms with E-state index in [1.807, 2.05) is 51.2 Å². The summed E-state index contributed by atoms with van der Waals surface area (Å²) in [5.41, 5.74) is 19.4. The number of hydrogen-bond donors (Lipinski definition) is 4. The quantitative estimate of drug-likeness (QED) is 0.0393. The topological polar surface area (TPSA) is 445 Å². The fraction of sp³-hybridized carbons (Fsp3) is 0.590. The van der Waals surface area contributed by atoms with Crippen molar-refractivity contribution in [2.24, 2.45) is 17.8 Å². The van der Waals surface area contributed by atoms with Gasteiger partial charge in [-0.2, -0.15) is 4.98 Å². The lowest BCUT2D eigenvalue weighted by Gasteiger charge is -2.32. The second-order valence-corrected chi connectivity index (χ2v) is 41.0. The van der Waals surface area contributed by atoms with Crippen LogP contribution in [0.5, 0.6) is 0 Å². The molecule has 10 atom stereocenters. The minimum atomic E-state index is -3.55. The highest BCUT2D eigenvalue weighted by Crippen LogP contribution is 2.48. The summed E-state index contributed by atoms with van der Waals surface area (Å²) in [6, 6.07) is 11.4. The van der Waals surface area contributed by atoms with Gasteiger partial charge in [-0.25, -0.2) is 91.6 Å². The van der Waals surface area contributed by atoms with E-state index in [9.17, 15) is 16.8 Å². The Morgan fingerprint density at radius 2 is 0.813 bits per heavy atom. The van der Waals surface area contributed by atoms with Gasteiger partial charge in [0.05, 0.1) is 110 Å². The standard InChI is InChI=1S/C18H21N7O.C14H16N6O3S.C10H16BN3O2.C10H12ClN3O3S.C10H12ClN3OS.C6H10.C5H4Cl2N2S.C5H9NO/c19-17-20-5-11(6-21-17)15-4-16(24-8-14-3-13(24)9-26-14)23-18(22-15)25-7-10-1-12(25)2-10;1-24(21,22)14-18-11(8-4-16-13(15)17-5-8)3-12(19-14)20-6-10-2-9(20)7-23-10;1-9(2)10(3,4)16-11(15-9)7-5-13-8(12)14-6-7;1-18(15,16)10-12-8(11)3-9(13-10)14-4-7-2-6(14)5-17-7;1-16-10-12-8(11)3-9(13-10)14-4-7-2-6(14)5-15-7;1-2-6-3-5(1)4-6;1-10-5-8-3(6)2-4(7)9-5;1-4-3-7-5(1)2-6-4/h4-6,10,12-14H,1-3,7-9H2,(H2,19,20,21);3-5,9-10H,2,6-7H2,1H3,(H2,15,16,17);5-6H,1-4H3,(H2,12,13,14);3,6-7H,2,4-5H2,1H3;3,6-7H,2,4-5H2,1H3;5-6H,1-4H2;2H,1H3;4-6H,1-3H2/t10?,12?,13-,14-;9-,10-;;2*6-,7-;;;4-,5-/m00.00..1/s1. The maximum Gasteiger partial charge on any atom is 0.498 e. The number of hydrogen-bond acceptors (Lipinski definition) is 38. The summed E-state index contributed by atoms with van der Waals surface area (Å²) in [7, 11) is -7.43. The molecule has 36 nitrogen and oxygen atoms in total. The van der Waals surface area contributed by atoms with Crippen molar-refractivity contribution in [3.05, 3.63) is 88.1 Å². The Balaban J connectivity index is 0.000000108. The molecule has 0 amide bonds. The van der Waals surface area contributed by atoms with Crippen LogP contribution in [0.25, 0.3) is 22.5 Å². The van der Waals surface area contributed by atoms with E-state index in [4.69, 9.17) is 107 Å². The van der Waals surface area contributed by atoms with Crippen molar-refractivity contribution >= 4 is 149 Å². The molecule has 21 heterocycles. The summed E-state index contributed by atoms with van der Waals surface area (Å²) in [4.78, 5) is 77.6. The van der Waals surface area contributed by atoms with Gasteiger partial charge in [0, 0.05) is 148 Å². The summed E-state index contributed by atoms with van der Waals surface area (Å²) in [6.07, 6.45) is 31.6. The fourth-order valence-electron chi connectivity index (χ4n) is 17.5. The highest BCUT2D eigenvalue weighted by Gasteiger charge is 2.53. The van der Waals surface area contributed by atoms with E-state index in [2.05, 4.69) is 101 Å². The molecule has 0 radical (unpaired) electrons. The Hall–Kier alpha value is -7.46. The second-order valence-electron chi connectivity index (χ2n) is 34.0. The molecular weight excluding hydrogens is 1740 g/mol. The molecule has 123 heavy (non-hydrogen) atoms. The Morgan fingerprint density at radius 3 is 1.16 bits per heavy atom. The van der Waals surface area contributed by atoms with E-state index < -0.39 is 26.8 Å². The number of nitrogens with one attached hydrogen (secondary N) is 1. The number of nitrogens with two attached hydrogens (primary N) is 3. The molecule has 25 rings (SSSR count). The molecule has 13 aliphatic heterocycles. The third-order valence-corrected chi connectivity index (χ3v) is 28.3. The second kappa shape index (κ2) is 37.5. The number of thioether (sulfide) groups is 2. The van der Waals surface area contributed by atoms with Crippen LogP contribution < -0.4 is 52.5 Å². The highest BCUT2D eigenvalue weighted by molar-refractivity contribution is 7.98. The smallest absolute Gasteiger partial charge is 0.399 e. The molecule has 17 aliphatic rings. The first kappa shape index (κ1) is 89.0. The normalized spacial score (nSPS) is 27.7. The largest absolute Gasteiger partial charge is 0.498 e. The van der Waals surface area contributed by atoms with Crippen molar-refractivity contribution < 1.29 is 49.8 Å². The number of aromatic nitrogens is 16. The average molecular weight is 1840 g/mol. The van der Waals surface area contributed by atoms with Crippen LogP contribution >= 0.6 is 69.9 Å². The minimum absolute atomic E-state index is 0.143. The summed E-state index contributed by atoms with van der Waals surface area (Å²) in [5, 5.41) is 5.63. The molecule has 8 aromatic heterocycles. The predicted octanol–water partition coefficient (Wildman–Crippen LogP) is 7.75. The number of nitrogen functional groups attached to an aromatic ring is 3. The molecule has 7 N–H and O–H groups in total. The molecule has 0 spiro atoms. The van der Waals surface area contributed by atoms with E-state index >= 15 is 0 Å². The van der Waals surface area contributed by atoms with Gasteiger partial charge in [0.25, 0.3) is 0 Å². The van der Waals surface area contributed by atoms with Crippen molar-refractivity contribution in [1.82, 2.24) is 85.1 Å². The van der Waals surface area contributed by atoms with Crippen LogP contribution in [0, 0.1) is 17.8 Å². The Morgan fingerprint density at radius 1 is 0.423 bits per heavy atom. The molecule has 0 unspecified atom stereocenters. The number of rotatable bonds is 12. The molecule has 13 saturated heterocycles. The Kier molecular flexibility index (Phi) is 27.1. The highest BCUT2D eigenvalue weighted by atomic mass is 35.5. The number of nitrogens with zero attached hydrogens (tertiary/aromatic N) is 21. The third kappa shape index (κ3) is 21.4.